The zero-order valence-corrected chi connectivity index (χ0v) is 12.6. The second-order valence-electron chi connectivity index (χ2n) is 4.84. The Bertz CT molecular complexity index is 465. The monoisotopic (exact) mass is 326 g/mol. The Labute approximate surface area is 121 Å². The highest BCUT2D eigenvalue weighted by Crippen LogP contribution is 2.27. The molecule has 2 rings (SSSR count). The maximum Gasteiger partial charge on any atom is 0.249 e. The van der Waals surface area contributed by atoms with E-state index in [1.165, 1.54) is 12.8 Å². The number of ether oxygens (including phenoxy) is 1. The summed E-state index contributed by atoms with van der Waals surface area (Å²) in [6.45, 7) is 0. The van der Waals surface area contributed by atoms with E-state index in [4.69, 9.17) is 10.5 Å². The van der Waals surface area contributed by atoms with E-state index in [0.717, 1.165) is 18.6 Å². The van der Waals surface area contributed by atoms with Crippen LogP contribution in [0.25, 0.3) is 0 Å². The largest absolute Gasteiger partial charge is 0.489 e. The number of carbonyl (C=O) groups excluding carboxylic acids is 1. The molecule has 0 aliphatic heterocycles. The Morgan fingerprint density at radius 1 is 1.42 bits per heavy atom. The van der Waals surface area contributed by atoms with Crippen molar-refractivity contribution in [3.8, 4) is 5.75 Å². The molecule has 5 heteroatoms. The Balaban J connectivity index is 2.10. The average molecular weight is 327 g/mol. The summed E-state index contributed by atoms with van der Waals surface area (Å²) >= 11 is 3.35. The van der Waals surface area contributed by atoms with Crippen molar-refractivity contribution in [2.24, 2.45) is 5.73 Å². The molecule has 0 saturated heterocycles. The van der Waals surface area contributed by atoms with Crippen LogP contribution in [0.5, 0.6) is 5.75 Å². The maximum atomic E-state index is 11.2. The lowest BCUT2D eigenvalue weighted by molar-refractivity contribution is 0.0999. The van der Waals surface area contributed by atoms with Crippen molar-refractivity contribution in [2.75, 3.05) is 7.05 Å². The van der Waals surface area contributed by atoms with Crippen molar-refractivity contribution < 1.29 is 9.53 Å². The molecule has 0 heterocycles. The van der Waals surface area contributed by atoms with Gasteiger partial charge < -0.3 is 15.8 Å². The normalized spacial score (nSPS) is 23.1. The molecule has 2 atom stereocenters. The molecule has 4 nitrogen and oxygen atoms in total. The van der Waals surface area contributed by atoms with E-state index >= 15 is 0 Å². The SMILES string of the molecule is CNC1CCCCC1Oc1ccc(C(N)=O)c(Br)c1. The van der Waals surface area contributed by atoms with Crippen LogP contribution in [0.3, 0.4) is 0 Å². The molecular formula is C14H19BrN2O2. The Morgan fingerprint density at radius 3 is 2.79 bits per heavy atom. The Morgan fingerprint density at radius 2 is 2.16 bits per heavy atom. The van der Waals surface area contributed by atoms with Gasteiger partial charge in [-0.1, -0.05) is 6.42 Å². The lowest BCUT2D eigenvalue weighted by Crippen LogP contribution is -2.43. The fourth-order valence-electron chi connectivity index (χ4n) is 2.51. The lowest BCUT2D eigenvalue weighted by Gasteiger charge is -2.31. The molecule has 104 valence electrons. The molecular weight excluding hydrogens is 308 g/mol. The smallest absolute Gasteiger partial charge is 0.249 e. The standard InChI is InChI=1S/C14H19BrN2O2/c1-17-12-4-2-3-5-13(12)19-9-6-7-10(14(16)18)11(15)8-9/h6-8,12-13,17H,2-5H2,1H3,(H2,16,18). The van der Waals surface area contributed by atoms with E-state index in [1.807, 2.05) is 7.05 Å². The number of halogens is 1. The number of rotatable bonds is 4. The number of benzene rings is 1. The van der Waals surface area contributed by atoms with Gasteiger partial charge in [-0.05, 0) is 60.4 Å². The Kier molecular flexibility index (Phi) is 4.82. The molecule has 1 fully saturated rings. The zero-order chi connectivity index (χ0) is 13.8. The minimum atomic E-state index is -0.441. The fraction of sp³-hybridized carbons (Fsp3) is 0.500. The van der Waals surface area contributed by atoms with Crippen LogP contribution in [0.4, 0.5) is 0 Å². The van der Waals surface area contributed by atoms with Gasteiger partial charge in [0.2, 0.25) is 5.91 Å². The molecule has 0 aromatic heterocycles. The van der Waals surface area contributed by atoms with Gasteiger partial charge in [0.05, 0.1) is 5.56 Å². The number of amides is 1. The first-order chi connectivity index (χ1) is 9.11. The summed E-state index contributed by atoms with van der Waals surface area (Å²) in [7, 11) is 1.97. The molecule has 1 aromatic carbocycles. The van der Waals surface area contributed by atoms with Crippen LogP contribution in [0, 0.1) is 0 Å². The lowest BCUT2D eigenvalue weighted by atomic mass is 9.92. The third-order valence-electron chi connectivity index (χ3n) is 3.57. The second-order valence-corrected chi connectivity index (χ2v) is 5.70. The Hall–Kier alpha value is -1.07. The summed E-state index contributed by atoms with van der Waals surface area (Å²) in [5.74, 6) is 0.327. The molecule has 0 bridgehead atoms. The third-order valence-corrected chi connectivity index (χ3v) is 4.22. The first-order valence-electron chi connectivity index (χ1n) is 6.55. The van der Waals surface area contributed by atoms with Gasteiger partial charge in [-0.25, -0.2) is 0 Å². The van der Waals surface area contributed by atoms with Gasteiger partial charge >= 0.3 is 0 Å². The molecule has 0 radical (unpaired) electrons. The van der Waals surface area contributed by atoms with E-state index in [0.29, 0.717) is 16.1 Å². The number of likely N-dealkylation sites (N-methyl/N-ethyl adjacent to an activating group) is 1. The van der Waals surface area contributed by atoms with Crippen molar-refractivity contribution in [2.45, 2.75) is 37.8 Å². The van der Waals surface area contributed by atoms with Crippen molar-refractivity contribution in [3.63, 3.8) is 0 Å². The number of hydrogen-bond donors (Lipinski definition) is 2. The highest BCUT2D eigenvalue weighted by molar-refractivity contribution is 9.10. The van der Waals surface area contributed by atoms with Gasteiger partial charge in [-0.2, -0.15) is 0 Å². The van der Waals surface area contributed by atoms with Crippen molar-refractivity contribution in [3.05, 3.63) is 28.2 Å². The molecule has 0 spiro atoms. The summed E-state index contributed by atoms with van der Waals surface area (Å²) in [4.78, 5) is 11.2. The quantitative estimate of drug-likeness (QED) is 0.893. The van der Waals surface area contributed by atoms with Crippen molar-refractivity contribution in [1.29, 1.82) is 0 Å². The summed E-state index contributed by atoms with van der Waals surface area (Å²) in [5, 5.41) is 3.31. The molecule has 1 aromatic rings. The number of hydrogen-bond acceptors (Lipinski definition) is 3. The van der Waals surface area contributed by atoms with Crippen molar-refractivity contribution in [1.82, 2.24) is 5.32 Å². The average Bonchev–Trinajstić information content (AvgIpc) is 2.39. The van der Waals surface area contributed by atoms with Gasteiger partial charge in [0.25, 0.3) is 0 Å². The minimum absolute atomic E-state index is 0.185. The van der Waals surface area contributed by atoms with E-state index in [9.17, 15) is 4.79 Å². The number of primary amides is 1. The van der Waals surface area contributed by atoms with Gasteiger partial charge in [0.15, 0.2) is 0 Å². The van der Waals surface area contributed by atoms with Crippen LogP contribution < -0.4 is 15.8 Å². The zero-order valence-electron chi connectivity index (χ0n) is 11.0. The molecule has 1 aliphatic rings. The van der Waals surface area contributed by atoms with Crippen molar-refractivity contribution >= 4 is 21.8 Å². The highest BCUT2D eigenvalue weighted by Gasteiger charge is 2.25. The predicted molar refractivity (Wildman–Crippen MR) is 78.4 cm³/mol. The van der Waals surface area contributed by atoms with Crippen LogP contribution >= 0.6 is 15.9 Å². The van der Waals surface area contributed by atoms with Crippen LogP contribution in [-0.2, 0) is 0 Å². The summed E-state index contributed by atoms with van der Waals surface area (Å²) in [5.41, 5.74) is 5.75. The number of carbonyl (C=O) groups is 1. The number of nitrogens with one attached hydrogen (secondary N) is 1. The third kappa shape index (κ3) is 3.48. The summed E-state index contributed by atoms with van der Waals surface area (Å²) < 4.78 is 6.71. The summed E-state index contributed by atoms with van der Waals surface area (Å²) in [6.07, 6.45) is 4.83. The first-order valence-corrected chi connectivity index (χ1v) is 7.34. The maximum absolute atomic E-state index is 11.2. The van der Waals surface area contributed by atoms with E-state index in [-0.39, 0.29) is 6.10 Å². The molecule has 2 unspecified atom stereocenters. The molecule has 3 N–H and O–H groups in total. The fourth-order valence-corrected chi connectivity index (χ4v) is 3.07. The van der Waals surface area contributed by atoms with Crippen LogP contribution in [0.1, 0.15) is 36.0 Å². The molecule has 19 heavy (non-hydrogen) atoms. The van der Waals surface area contributed by atoms with E-state index < -0.39 is 5.91 Å². The summed E-state index contributed by atoms with van der Waals surface area (Å²) in [6, 6.07) is 5.69. The van der Waals surface area contributed by atoms with Gasteiger partial charge in [-0.3, -0.25) is 4.79 Å². The second kappa shape index (κ2) is 6.39. The van der Waals surface area contributed by atoms with Gasteiger partial charge in [0.1, 0.15) is 11.9 Å². The predicted octanol–water partition coefficient (Wildman–Crippen LogP) is 2.46. The highest BCUT2D eigenvalue weighted by atomic mass is 79.9. The minimum Gasteiger partial charge on any atom is -0.489 e. The number of nitrogens with two attached hydrogens (primary N) is 1. The van der Waals surface area contributed by atoms with Gasteiger partial charge in [0, 0.05) is 10.5 Å². The molecule has 1 saturated carbocycles. The van der Waals surface area contributed by atoms with E-state index in [2.05, 4.69) is 21.2 Å². The first kappa shape index (κ1) is 14.3. The molecule has 1 aliphatic carbocycles. The van der Waals surface area contributed by atoms with Crippen LogP contribution in [0.15, 0.2) is 22.7 Å². The van der Waals surface area contributed by atoms with Crippen LogP contribution in [0.2, 0.25) is 0 Å². The van der Waals surface area contributed by atoms with Crippen LogP contribution in [-0.4, -0.2) is 25.1 Å². The van der Waals surface area contributed by atoms with Gasteiger partial charge in [-0.15, -0.1) is 0 Å². The van der Waals surface area contributed by atoms with E-state index in [1.54, 1.807) is 18.2 Å². The topological polar surface area (TPSA) is 64.3 Å². The molecule has 1 amide bonds.